The van der Waals surface area contributed by atoms with Gasteiger partial charge in [-0.05, 0) is 85.0 Å². The number of aliphatic hydroxyl groups is 1. The lowest BCUT2D eigenvalue weighted by Crippen LogP contribution is -2.44. The maximum absolute atomic E-state index is 12.1. The molecular formula is C35H39NO. The van der Waals surface area contributed by atoms with E-state index in [1.54, 1.807) is 0 Å². The van der Waals surface area contributed by atoms with Crippen molar-refractivity contribution in [1.82, 2.24) is 4.90 Å². The van der Waals surface area contributed by atoms with E-state index in [0.717, 1.165) is 43.6 Å². The molecule has 1 atom stereocenters. The van der Waals surface area contributed by atoms with Crippen molar-refractivity contribution in [2.45, 2.75) is 44.1 Å². The van der Waals surface area contributed by atoms with Gasteiger partial charge < -0.3 is 10.0 Å². The number of nitrogens with zero attached hydrogens (tertiary/aromatic N) is 1. The smallest absolute Gasteiger partial charge is 0.117 e. The summed E-state index contributed by atoms with van der Waals surface area (Å²) in [6.07, 6.45) is 4.42. The van der Waals surface area contributed by atoms with Gasteiger partial charge in [-0.15, -0.1) is 0 Å². The number of piperidine rings is 1. The molecule has 1 unspecified atom stereocenters. The molecule has 1 aliphatic heterocycles. The van der Waals surface area contributed by atoms with Crippen LogP contribution in [0.4, 0.5) is 0 Å². The second-order valence-corrected chi connectivity index (χ2v) is 10.6. The van der Waals surface area contributed by atoms with Gasteiger partial charge in [-0.25, -0.2) is 0 Å². The molecule has 37 heavy (non-hydrogen) atoms. The van der Waals surface area contributed by atoms with Gasteiger partial charge in [-0.1, -0.05) is 122 Å². The predicted molar refractivity (Wildman–Crippen MR) is 155 cm³/mol. The lowest BCUT2D eigenvalue weighted by Gasteiger charge is -2.42. The highest BCUT2D eigenvalue weighted by Gasteiger charge is 2.41. The van der Waals surface area contributed by atoms with E-state index in [4.69, 9.17) is 0 Å². The van der Waals surface area contributed by atoms with Crippen LogP contribution in [-0.4, -0.2) is 29.6 Å². The van der Waals surface area contributed by atoms with Crippen LogP contribution in [0.15, 0.2) is 115 Å². The summed E-state index contributed by atoms with van der Waals surface area (Å²) in [5.74, 6) is 0.777. The van der Waals surface area contributed by atoms with Gasteiger partial charge in [0.1, 0.15) is 5.60 Å². The minimum atomic E-state index is -0.935. The molecule has 2 nitrogen and oxygen atoms in total. The van der Waals surface area contributed by atoms with Crippen LogP contribution < -0.4 is 0 Å². The van der Waals surface area contributed by atoms with Gasteiger partial charge in [-0.3, -0.25) is 0 Å². The quantitative estimate of drug-likeness (QED) is 0.258. The molecular weight excluding hydrogens is 450 g/mol. The summed E-state index contributed by atoms with van der Waals surface area (Å²) in [7, 11) is 0. The zero-order valence-corrected chi connectivity index (χ0v) is 22.0. The van der Waals surface area contributed by atoms with E-state index < -0.39 is 5.60 Å². The molecule has 1 heterocycles. The molecule has 0 bridgehead atoms. The fraction of sp³-hybridized carbons (Fsp3) is 0.314. The fourth-order valence-electron chi connectivity index (χ4n) is 6.02. The first-order valence-corrected chi connectivity index (χ1v) is 13.9. The van der Waals surface area contributed by atoms with Crippen LogP contribution >= 0.6 is 0 Å². The van der Waals surface area contributed by atoms with E-state index in [1.807, 2.05) is 36.4 Å². The van der Waals surface area contributed by atoms with Crippen molar-refractivity contribution in [3.8, 4) is 11.1 Å². The summed E-state index contributed by atoms with van der Waals surface area (Å²) in [6.45, 7) is 5.58. The van der Waals surface area contributed by atoms with Crippen molar-refractivity contribution in [2.75, 3.05) is 19.6 Å². The van der Waals surface area contributed by atoms with E-state index in [2.05, 4.69) is 90.7 Å². The summed E-state index contributed by atoms with van der Waals surface area (Å²) in [5, 5.41) is 12.1. The van der Waals surface area contributed by atoms with E-state index in [-0.39, 0.29) is 5.92 Å². The first kappa shape index (κ1) is 25.4. The Morgan fingerprint density at radius 2 is 1.19 bits per heavy atom. The SMILES string of the molecule is CC(CCCN1CCC(C(O)(c2ccccc2)c2ccccc2)CC1)c1ccc(-c2ccccc2)cc1. The molecule has 0 radical (unpaired) electrons. The topological polar surface area (TPSA) is 23.5 Å². The highest BCUT2D eigenvalue weighted by Crippen LogP contribution is 2.42. The van der Waals surface area contributed by atoms with Gasteiger partial charge in [0.15, 0.2) is 0 Å². The number of rotatable bonds is 9. The average Bonchev–Trinajstić information content (AvgIpc) is 2.98. The van der Waals surface area contributed by atoms with Gasteiger partial charge in [-0.2, -0.15) is 0 Å². The van der Waals surface area contributed by atoms with Gasteiger partial charge in [0.05, 0.1) is 0 Å². The van der Waals surface area contributed by atoms with E-state index in [1.165, 1.54) is 29.5 Å². The molecule has 190 valence electrons. The van der Waals surface area contributed by atoms with Crippen LogP contribution in [0.5, 0.6) is 0 Å². The maximum Gasteiger partial charge on any atom is 0.117 e. The lowest BCUT2D eigenvalue weighted by molar-refractivity contribution is -0.0143. The molecule has 1 N–H and O–H groups in total. The molecule has 1 saturated heterocycles. The van der Waals surface area contributed by atoms with Crippen LogP contribution in [0.3, 0.4) is 0 Å². The molecule has 4 aromatic rings. The second kappa shape index (κ2) is 11.9. The van der Waals surface area contributed by atoms with Gasteiger partial charge >= 0.3 is 0 Å². The van der Waals surface area contributed by atoms with Crippen molar-refractivity contribution in [2.24, 2.45) is 5.92 Å². The van der Waals surface area contributed by atoms with E-state index in [0.29, 0.717) is 5.92 Å². The van der Waals surface area contributed by atoms with Crippen molar-refractivity contribution in [3.05, 3.63) is 132 Å². The Labute approximate surface area is 222 Å². The molecule has 1 fully saturated rings. The minimum absolute atomic E-state index is 0.218. The monoisotopic (exact) mass is 489 g/mol. The first-order valence-electron chi connectivity index (χ1n) is 13.9. The van der Waals surface area contributed by atoms with Crippen molar-refractivity contribution >= 4 is 0 Å². The van der Waals surface area contributed by atoms with Crippen LogP contribution in [0.2, 0.25) is 0 Å². The van der Waals surface area contributed by atoms with Crippen molar-refractivity contribution in [1.29, 1.82) is 0 Å². The third kappa shape index (κ3) is 5.87. The zero-order valence-electron chi connectivity index (χ0n) is 22.0. The molecule has 1 aliphatic rings. The van der Waals surface area contributed by atoms with E-state index in [9.17, 15) is 5.11 Å². The van der Waals surface area contributed by atoms with Crippen LogP contribution in [0, 0.1) is 5.92 Å². The van der Waals surface area contributed by atoms with Gasteiger partial charge in [0.25, 0.3) is 0 Å². The maximum atomic E-state index is 12.1. The van der Waals surface area contributed by atoms with Gasteiger partial charge in [0.2, 0.25) is 0 Å². The number of hydrogen-bond donors (Lipinski definition) is 1. The Kier molecular flexibility index (Phi) is 8.18. The van der Waals surface area contributed by atoms with Crippen molar-refractivity contribution < 1.29 is 5.11 Å². The largest absolute Gasteiger partial charge is 0.380 e. The molecule has 0 amide bonds. The molecule has 2 heteroatoms. The Morgan fingerprint density at radius 1 is 0.703 bits per heavy atom. The molecule has 0 spiro atoms. The molecule has 4 aromatic carbocycles. The summed E-state index contributed by atoms with van der Waals surface area (Å²) in [5.41, 5.74) is 5.06. The highest BCUT2D eigenvalue weighted by atomic mass is 16.3. The molecule has 5 rings (SSSR count). The van der Waals surface area contributed by atoms with Crippen molar-refractivity contribution in [3.63, 3.8) is 0 Å². The molecule has 0 aliphatic carbocycles. The average molecular weight is 490 g/mol. The van der Waals surface area contributed by atoms with E-state index >= 15 is 0 Å². The normalized spacial score (nSPS) is 15.9. The number of benzene rings is 4. The summed E-state index contributed by atoms with van der Waals surface area (Å²) in [4.78, 5) is 2.60. The first-order chi connectivity index (χ1) is 18.1. The second-order valence-electron chi connectivity index (χ2n) is 10.6. The Hall–Kier alpha value is -3.20. The van der Waals surface area contributed by atoms with Crippen LogP contribution in [0.25, 0.3) is 11.1 Å². The minimum Gasteiger partial charge on any atom is -0.380 e. The summed E-state index contributed by atoms with van der Waals surface area (Å²) in [6, 6.07) is 40.2. The standard InChI is InChI=1S/C35H39NO/c1-28(29-19-21-31(22-20-29)30-13-5-2-6-14-30)12-11-25-36-26-23-34(24-27-36)35(37,32-15-7-3-8-16-32)33-17-9-4-10-18-33/h2-10,13-22,28,34,37H,11-12,23-27H2,1H3. The van der Waals surface area contributed by atoms with Crippen LogP contribution in [-0.2, 0) is 5.60 Å². The zero-order chi connectivity index (χ0) is 25.5. The number of hydrogen-bond acceptors (Lipinski definition) is 2. The van der Waals surface area contributed by atoms with Gasteiger partial charge in [0, 0.05) is 0 Å². The third-order valence-electron chi connectivity index (χ3n) is 8.30. The summed E-state index contributed by atoms with van der Waals surface area (Å²) < 4.78 is 0. The van der Waals surface area contributed by atoms with Crippen LogP contribution in [0.1, 0.15) is 55.2 Å². The Bertz CT molecular complexity index is 1170. The number of likely N-dealkylation sites (tertiary alicyclic amines) is 1. The highest BCUT2D eigenvalue weighted by molar-refractivity contribution is 5.63. The summed E-state index contributed by atoms with van der Waals surface area (Å²) >= 11 is 0. The molecule has 0 saturated carbocycles. The predicted octanol–water partition coefficient (Wildman–Crippen LogP) is 7.89. The fourth-order valence-corrected chi connectivity index (χ4v) is 6.02. The lowest BCUT2D eigenvalue weighted by atomic mass is 9.72. The molecule has 0 aromatic heterocycles. The Morgan fingerprint density at radius 3 is 1.73 bits per heavy atom. The third-order valence-corrected chi connectivity index (χ3v) is 8.30. The Balaban J connectivity index is 1.14.